The Balaban J connectivity index is 4.43. The second-order valence-electron chi connectivity index (χ2n) is 15.7. The number of unbranched alkanes of at least 4 members (excludes halogenated alkanes) is 20. The smallest absolute Gasteiger partial charge is 0.306 e. The SMILES string of the molecule is CCCCCC/C=C/C=C/CCCCCCCC(=O)OC[C@H](COP(=O)([O-])OCC[N+](C)(C)C)OC(=O)CCCC/C=C/CCCCCCCCCCC. The fourth-order valence-electron chi connectivity index (χ4n) is 5.70. The molecular formula is C44H82NO8P. The van der Waals surface area contributed by atoms with Crippen LogP contribution in [0.5, 0.6) is 0 Å². The van der Waals surface area contributed by atoms with Gasteiger partial charge in [-0.05, 0) is 64.2 Å². The fourth-order valence-corrected chi connectivity index (χ4v) is 6.43. The first-order valence-electron chi connectivity index (χ1n) is 21.7. The zero-order valence-corrected chi connectivity index (χ0v) is 36.3. The van der Waals surface area contributed by atoms with Crippen molar-refractivity contribution >= 4 is 19.8 Å². The summed E-state index contributed by atoms with van der Waals surface area (Å²) < 4.78 is 33.8. The van der Waals surface area contributed by atoms with E-state index in [1.165, 1.54) is 83.5 Å². The van der Waals surface area contributed by atoms with E-state index in [2.05, 4.69) is 50.3 Å². The monoisotopic (exact) mass is 784 g/mol. The van der Waals surface area contributed by atoms with Crippen LogP contribution in [0.25, 0.3) is 0 Å². The summed E-state index contributed by atoms with van der Waals surface area (Å²) in [4.78, 5) is 37.5. The predicted octanol–water partition coefficient (Wildman–Crippen LogP) is 11.5. The molecule has 0 aromatic heterocycles. The highest BCUT2D eigenvalue weighted by Gasteiger charge is 2.21. The Morgan fingerprint density at radius 1 is 0.574 bits per heavy atom. The minimum absolute atomic E-state index is 0.0370. The molecule has 9 nitrogen and oxygen atoms in total. The van der Waals surface area contributed by atoms with Crippen LogP contribution in [-0.2, 0) is 32.7 Å². The molecule has 0 saturated carbocycles. The molecule has 0 amide bonds. The largest absolute Gasteiger partial charge is 0.756 e. The van der Waals surface area contributed by atoms with Crippen LogP contribution in [0.2, 0.25) is 0 Å². The average Bonchev–Trinajstić information content (AvgIpc) is 3.12. The van der Waals surface area contributed by atoms with Crippen molar-refractivity contribution in [2.45, 2.75) is 187 Å². The Labute approximate surface area is 331 Å². The van der Waals surface area contributed by atoms with E-state index in [4.69, 9.17) is 18.5 Å². The summed E-state index contributed by atoms with van der Waals surface area (Å²) in [7, 11) is 1.14. The van der Waals surface area contributed by atoms with Crippen LogP contribution < -0.4 is 4.89 Å². The van der Waals surface area contributed by atoms with Crippen molar-refractivity contribution in [3.05, 3.63) is 36.5 Å². The first-order chi connectivity index (χ1) is 26.0. The van der Waals surface area contributed by atoms with E-state index in [0.717, 1.165) is 57.8 Å². The van der Waals surface area contributed by atoms with Crippen LogP contribution in [0, 0.1) is 0 Å². The lowest BCUT2D eigenvalue weighted by Gasteiger charge is -2.28. The molecule has 316 valence electrons. The van der Waals surface area contributed by atoms with E-state index in [1.807, 2.05) is 21.1 Å². The maximum absolute atomic E-state index is 12.6. The number of hydrogen-bond acceptors (Lipinski definition) is 8. The van der Waals surface area contributed by atoms with Gasteiger partial charge in [-0.2, -0.15) is 0 Å². The topological polar surface area (TPSA) is 111 Å². The summed E-state index contributed by atoms with van der Waals surface area (Å²) in [5, 5.41) is 0. The van der Waals surface area contributed by atoms with Crippen LogP contribution in [0.15, 0.2) is 36.5 Å². The first kappa shape index (κ1) is 52.2. The highest BCUT2D eigenvalue weighted by atomic mass is 31.2. The van der Waals surface area contributed by atoms with Gasteiger partial charge in [0.05, 0.1) is 27.7 Å². The summed E-state index contributed by atoms with van der Waals surface area (Å²) >= 11 is 0. The van der Waals surface area contributed by atoms with Crippen molar-refractivity contribution in [2.24, 2.45) is 0 Å². The molecule has 0 aromatic carbocycles. The van der Waals surface area contributed by atoms with Crippen LogP contribution in [0.1, 0.15) is 181 Å². The summed E-state index contributed by atoms with van der Waals surface area (Å²) in [6, 6.07) is 0. The van der Waals surface area contributed by atoms with Gasteiger partial charge in [-0.3, -0.25) is 14.2 Å². The predicted molar refractivity (Wildman–Crippen MR) is 222 cm³/mol. The van der Waals surface area contributed by atoms with Gasteiger partial charge >= 0.3 is 11.9 Å². The van der Waals surface area contributed by atoms with Crippen molar-refractivity contribution in [3.8, 4) is 0 Å². The number of phosphoric acid groups is 1. The molecule has 0 aliphatic heterocycles. The van der Waals surface area contributed by atoms with E-state index in [-0.39, 0.29) is 26.1 Å². The molecule has 54 heavy (non-hydrogen) atoms. The van der Waals surface area contributed by atoms with Crippen molar-refractivity contribution < 1.29 is 42.1 Å². The Hall–Kier alpha value is -1.77. The van der Waals surface area contributed by atoms with Crippen LogP contribution in [0.4, 0.5) is 0 Å². The van der Waals surface area contributed by atoms with Crippen molar-refractivity contribution in [3.63, 3.8) is 0 Å². The van der Waals surface area contributed by atoms with Gasteiger partial charge in [-0.25, -0.2) is 0 Å². The molecule has 1 unspecified atom stereocenters. The van der Waals surface area contributed by atoms with E-state index in [0.29, 0.717) is 23.9 Å². The molecule has 0 heterocycles. The molecule has 0 spiro atoms. The van der Waals surface area contributed by atoms with E-state index in [1.54, 1.807) is 0 Å². The third-order valence-electron chi connectivity index (χ3n) is 9.16. The summed E-state index contributed by atoms with van der Waals surface area (Å²) in [5.41, 5.74) is 0. The summed E-state index contributed by atoms with van der Waals surface area (Å²) in [5.74, 6) is -0.877. The second-order valence-corrected chi connectivity index (χ2v) is 17.1. The maximum Gasteiger partial charge on any atom is 0.306 e. The van der Waals surface area contributed by atoms with E-state index in [9.17, 15) is 19.0 Å². The maximum atomic E-state index is 12.6. The number of carbonyl (C=O) groups excluding carboxylic acids is 2. The number of quaternary nitrogens is 1. The van der Waals surface area contributed by atoms with Crippen molar-refractivity contribution in [1.82, 2.24) is 0 Å². The number of allylic oxidation sites excluding steroid dienone is 6. The van der Waals surface area contributed by atoms with Gasteiger partial charge in [-0.1, -0.05) is 140 Å². The fraction of sp³-hybridized carbons (Fsp3) is 0.818. The van der Waals surface area contributed by atoms with Crippen molar-refractivity contribution in [2.75, 3.05) is 47.5 Å². The quantitative estimate of drug-likeness (QED) is 0.0151. The zero-order valence-electron chi connectivity index (χ0n) is 35.4. The van der Waals surface area contributed by atoms with Gasteiger partial charge < -0.3 is 27.9 Å². The Bertz CT molecular complexity index is 1020. The lowest BCUT2D eigenvalue weighted by atomic mass is 10.1. The number of rotatable bonds is 39. The number of hydrogen-bond donors (Lipinski definition) is 0. The molecule has 0 N–H and O–H groups in total. The zero-order chi connectivity index (χ0) is 40.0. The molecule has 0 aliphatic rings. The number of carbonyl (C=O) groups is 2. The van der Waals surface area contributed by atoms with Gasteiger partial charge in [0, 0.05) is 12.8 Å². The molecular weight excluding hydrogens is 701 g/mol. The Kier molecular flexibility index (Phi) is 35.6. The lowest BCUT2D eigenvalue weighted by Crippen LogP contribution is -2.37. The normalized spacial score (nSPS) is 14.0. The highest BCUT2D eigenvalue weighted by Crippen LogP contribution is 2.38. The average molecular weight is 784 g/mol. The standard InChI is InChI=1S/C44H82NO8P/c1-6-8-10-12-14-16-18-20-22-24-26-28-30-32-34-36-43(46)50-40-42(41-52-54(48,49)51-39-38-45(3,4)5)53-44(47)37-35-33-31-29-27-25-23-21-19-17-15-13-11-9-7-2/h16,18,20,22,27,29,42H,6-15,17,19,21,23-26,28,30-41H2,1-5H3/b18-16+,22-20+,29-27+/t42-/m1/s1. The molecule has 0 bridgehead atoms. The Morgan fingerprint density at radius 2 is 1.00 bits per heavy atom. The third kappa shape index (κ3) is 39.9. The minimum atomic E-state index is -4.63. The molecule has 0 aliphatic carbocycles. The first-order valence-corrected chi connectivity index (χ1v) is 23.2. The summed E-state index contributed by atoms with van der Waals surface area (Å²) in [6.45, 7) is 4.16. The van der Waals surface area contributed by atoms with Gasteiger partial charge in [0.2, 0.25) is 0 Å². The minimum Gasteiger partial charge on any atom is -0.756 e. The number of esters is 2. The molecule has 0 radical (unpaired) electrons. The van der Waals surface area contributed by atoms with Crippen LogP contribution >= 0.6 is 7.82 Å². The number of likely N-dealkylation sites (N-methyl/N-ethyl adjacent to an activating group) is 1. The van der Waals surface area contributed by atoms with Crippen LogP contribution in [-0.4, -0.2) is 70.0 Å². The lowest BCUT2D eigenvalue weighted by molar-refractivity contribution is -0.870. The Morgan fingerprint density at radius 3 is 1.54 bits per heavy atom. The highest BCUT2D eigenvalue weighted by molar-refractivity contribution is 7.45. The molecule has 2 atom stereocenters. The number of nitrogens with zero attached hydrogens (tertiary/aromatic N) is 1. The van der Waals surface area contributed by atoms with E-state index < -0.39 is 32.5 Å². The van der Waals surface area contributed by atoms with Crippen molar-refractivity contribution in [1.29, 1.82) is 0 Å². The molecule has 0 rings (SSSR count). The second kappa shape index (κ2) is 36.8. The third-order valence-corrected chi connectivity index (χ3v) is 10.1. The number of phosphoric ester groups is 1. The van der Waals surface area contributed by atoms with Crippen LogP contribution in [0.3, 0.4) is 0 Å². The molecule has 0 fully saturated rings. The van der Waals surface area contributed by atoms with Gasteiger partial charge in [-0.15, -0.1) is 0 Å². The molecule has 10 heteroatoms. The number of ether oxygens (including phenoxy) is 2. The van der Waals surface area contributed by atoms with Gasteiger partial charge in [0.1, 0.15) is 19.8 Å². The van der Waals surface area contributed by atoms with E-state index >= 15 is 0 Å². The summed E-state index contributed by atoms with van der Waals surface area (Å²) in [6.07, 6.45) is 40.3. The molecule has 0 saturated heterocycles. The van der Waals surface area contributed by atoms with Gasteiger partial charge in [0.15, 0.2) is 6.10 Å². The molecule has 0 aromatic rings. The van der Waals surface area contributed by atoms with Gasteiger partial charge in [0.25, 0.3) is 7.82 Å².